The monoisotopic (exact) mass is 472 g/mol. The molecule has 5 nitrogen and oxygen atoms in total. The Labute approximate surface area is 201 Å². The third-order valence-electron chi connectivity index (χ3n) is 5.07. The predicted molar refractivity (Wildman–Crippen MR) is 119 cm³/mol. The number of para-hydroxylation sites is 1. The average molecular weight is 472 g/mol. The molecule has 0 saturated carbocycles. The van der Waals surface area contributed by atoms with Crippen molar-refractivity contribution in [1.82, 2.24) is 10.3 Å². The molecule has 0 spiro atoms. The van der Waals surface area contributed by atoms with Gasteiger partial charge in [0.1, 0.15) is 0 Å². The summed E-state index contributed by atoms with van der Waals surface area (Å²) in [6.07, 6.45) is 6.70. The van der Waals surface area contributed by atoms with Crippen molar-refractivity contribution in [2.45, 2.75) is 6.42 Å². The number of amides is 1. The van der Waals surface area contributed by atoms with Crippen LogP contribution in [0.3, 0.4) is 0 Å². The molecule has 2 aromatic carbocycles. The Bertz CT molecular complexity index is 1100. The van der Waals surface area contributed by atoms with Crippen molar-refractivity contribution in [1.29, 1.82) is 0 Å². The van der Waals surface area contributed by atoms with Gasteiger partial charge in [0.05, 0.1) is 5.56 Å². The normalized spacial score (nSPS) is 13.5. The number of anilines is 1. The molecule has 4 rings (SSSR count). The molecule has 2 heterocycles. The Morgan fingerprint density at radius 1 is 1.10 bits per heavy atom. The van der Waals surface area contributed by atoms with E-state index < -0.39 is 0 Å². The fourth-order valence-electron chi connectivity index (χ4n) is 3.55. The maximum atomic E-state index is 12.0. The number of benzene rings is 2. The summed E-state index contributed by atoms with van der Waals surface area (Å²) in [4.78, 5) is 15.4. The van der Waals surface area contributed by atoms with Gasteiger partial charge in [-0.15, -0.1) is 12.7 Å². The number of fused-ring (bicyclic) bond motifs is 1. The number of carbonyl (C=O) groups excluding carboxylic acids is 1. The van der Waals surface area contributed by atoms with Gasteiger partial charge in [-0.3, -0.25) is 4.79 Å². The van der Waals surface area contributed by atoms with Gasteiger partial charge in [0.15, 0.2) is 0 Å². The Hall–Kier alpha value is -2.63. The van der Waals surface area contributed by atoms with Crippen LogP contribution in [-0.2, 0) is 39.1 Å². The van der Waals surface area contributed by atoms with E-state index in [1.165, 1.54) is 0 Å². The molecule has 0 unspecified atom stereocenters. The van der Waals surface area contributed by atoms with Crippen LogP contribution in [0.25, 0.3) is 28.3 Å². The number of nitrogens with one attached hydrogen (secondary N) is 2. The molecular weight excluding hydrogens is 449 g/mol. The van der Waals surface area contributed by atoms with Crippen LogP contribution in [0, 0.1) is 0 Å². The molecule has 0 fully saturated rings. The molecule has 3 aromatic rings. The van der Waals surface area contributed by atoms with E-state index in [4.69, 9.17) is 5.73 Å². The zero-order chi connectivity index (χ0) is 20.2. The Morgan fingerprint density at radius 2 is 1.90 bits per heavy atom. The molecule has 30 heavy (non-hydrogen) atoms. The maximum Gasteiger partial charge on any atom is 0.253 e. The molecule has 0 bridgehead atoms. The fourth-order valence-corrected chi connectivity index (χ4v) is 3.55. The zero-order valence-electron chi connectivity index (χ0n) is 16.9. The number of allylic oxidation sites excluding steroid dienone is 2. The van der Waals surface area contributed by atoms with E-state index in [-0.39, 0.29) is 38.6 Å². The first-order valence-corrected chi connectivity index (χ1v) is 9.60. The number of nitrogens with zero attached hydrogens (tertiary/aromatic N) is 1. The summed E-state index contributed by atoms with van der Waals surface area (Å²) in [6.45, 7) is 0.655. The Balaban J connectivity index is 0.00000256. The first-order valence-electron chi connectivity index (χ1n) is 9.60. The van der Waals surface area contributed by atoms with Crippen LogP contribution in [0.5, 0.6) is 0 Å². The quantitative estimate of drug-likeness (QED) is 0.375. The number of H-pyrrole nitrogens is 1. The van der Waals surface area contributed by atoms with Gasteiger partial charge >= 0.3 is 0 Å². The van der Waals surface area contributed by atoms with Crippen molar-refractivity contribution in [2.24, 2.45) is 0 Å². The molecule has 1 aliphatic heterocycles. The van der Waals surface area contributed by atoms with Crippen molar-refractivity contribution in [3.8, 4) is 11.3 Å². The van der Waals surface area contributed by atoms with Crippen molar-refractivity contribution < 1.29 is 37.5 Å². The summed E-state index contributed by atoms with van der Waals surface area (Å²) < 4.78 is 0. The van der Waals surface area contributed by atoms with E-state index in [0.717, 1.165) is 40.2 Å². The first-order chi connectivity index (χ1) is 14.2. The molecule has 1 amide bonds. The third kappa shape index (κ3) is 4.58. The first kappa shape index (κ1) is 22.1. The van der Waals surface area contributed by atoms with E-state index in [2.05, 4.69) is 15.6 Å². The van der Waals surface area contributed by atoms with Crippen LogP contribution in [0.2, 0.25) is 0 Å². The minimum absolute atomic E-state index is 0. The summed E-state index contributed by atoms with van der Waals surface area (Å²) >= 11 is 0. The Kier molecular flexibility index (Phi) is 7.30. The molecule has 1 aliphatic rings. The number of rotatable bonds is 5. The van der Waals surface area contributed by atoms with E-state index >= 15 is 0 Å². The van der Waals surface area contributed by atoms with Crippen LogP contribution < -0.4 is 11.1 Å². The Morgan fingerprint density at radius 3 is 2.63 bits per heavy atom. The number of nitrogens with two attached hydrogens (primary N) is 1. The molecule has 4 N–H and O–H groups in total. The molecule has 0 aliphatic carbocycles. The van der Waals surface area contributed by atoms with Gasteiger partial charge in [-0.05, 0) is 17.2 Å². The smallest absolute Gasteiger partial charge is 0.253 e. The van der Waals surface area contributed by atoms with E-state index in [1.54, 1.807) is 7.05 Å². The van der Waals surface area contributed by atoms with Crippen LogP contribution in [-0.4, -0.2) is 24.5 Å². The number of hydrogen-bond acceptors (Lipinski definition) is 2. The van der Waals surface area contributed by atoms with Gasteiger partial charge in [-0.1, -0.05) is 66.8 Å². The summed E-state index contributed by atoms with van der Waals surface area (Å²) in [5.74, 6) is -0.0368. The number of carbonyl (C=O) groups is 1. The summed E-state index contributed by atoms with van der Waals surface area (Å²) in [7, 11) is 1.78. The zero-order valence-corrected chi connectivity index (χ0v) is 19.7. The molecule has 0 saturated heterocycles. The van der Waals surface area contributed by atoms with Crippen molar-refractivity contribution in [3.63, 3.8) is 0 Å². The van der Waals surface area contributed by atoms with E-state index in [9.17, 15) is 4.79 Å². The van der Waals surface area contributed by atoms with Crippen molar-refractivity contribution >= 4 is 23.4 Å². The molecule has 1 radical (unpaired) electrons. The minimum Gasteiger partial charge on any atom is -0.686 e. The number of nitrogen functional groups attached to an aromatic ring is 1. The van der Waals surface area contributed by atoms with Gasteiger partial charge in [0.2, 0.25) is 0 Å². The molecular formula is C24H23N4OY-. The average Bonchev–Trinajstić information content (AvgIpc) is 3.18. The van der Waals surface area contributed by atoms with E-state index in [0.29, 0.717) is 17.8 Å². The van der Waals surface area contributed by atoms with Crippen LogP contribution in [0.4, 0.5) is 5.69 Å². The molecule has 0 atom stereocenters. The van der Waals surface area contributed by atoms with Crippen LogP contribution >= 0.6 is 0 Å². The summed E-state index contributed by atoms with van der Waals surface area (Å²) in [5.41, 5.74) is 13.4. The second-order valence-corrected chi connectivity index (χ2v) is 6.89. The fraction of sp³-hybridized carbons (Fsp3) is 0.125. The standard InChI is InChI=1S/C24H23N4O.Y/c1-26-20(16-7-3-2-4-8-16)12-6-10-17-9-5-11-18(23(17)25)22-15-19-21(28-22)13-14-27-24(19)29;/h2-12,15H,13-14,25H2,1H3,(H2,27,28,29);/q-1;/b10-6-,20-12+;. The minimum atomic E-state index is -0.0368. The summed E-state index contributed by atoms with van der Waals surface area (Å²) in [5, 5.41) is 7.23. The SMILES string of the molecule is C[N-]/C(=C/C=C\c1cccc(-c2cc3c([nH]2)CCNC3=O)c1N)c1ccccc1.[Y]. The van der Waals surface area contributed by atoms with Gasteiger partial charge in [-0.2, -0.15) is 0 Å². The second kappa shape index (κ2) is 9.92. The van der Waals surface area contributed by atoms with E-state index in [1.807, 2.05) is 72.8 Å². The van der Waals surface area contributed by atoms with Crippen molar-refractivity contribution in [3.05, 3.63) is 94.5 Å². The van der Waals surface area contributed by atoms with Crippen LogP contribution in [0.1, 0.15) is 27.2 Å². The van der Waals surface area contributed by atoms with Crippen LogP contribution in [0.15, 0.2) is 66.7 Å². The molecule has 6 heteroatoms. The van der Waals surface area contributed by atoms with Gasteiger partial charge in [0.25, 0.3) is 5.91 Å². The van der Waals surface area contributed by atoms with Gasteiger partial charge in [-0.25, -0.2) is 0 Å². The van der Waals surface area contributed by atoms with Gasteiger partial charge < -0.3 is 21.4 Å². The second-order valence-electron chi connectivity index (χ2n) is 6.89. The summed E-state index contributed by atoms with van der Waals surface area (Å²) in [6, 6.07) is 17.8. The molecule has 1 aromatic heterocycles. The third-order valence-corrected chi connectivity index (χ3v) is 5.07. The number of hydrogen-bond donors (Lipinski definition) is 3. The number of aromatic amines is 1. The number of aromatic nitrogens is 1. The predicted octanol–water partition coefficient (Wildman–Crippen LogP) is 4.61. The largest absolute Gasteiger partial charge is 0.686 e. The van der Waals surface area contributed by atoms with Gasteiger partial charge in [0, 0.05) is 68.3 Å². The molecule has 149 valence electrons. The maximum absolute atomic E-state index is 12.0. The van der Waals surface area contributed by atoms with Crippen molar-refractivity contribution in [2.75, 3.05) is 19.3 Å². The topological polar surface area (TPSA) is 85.0 Å².